The Kier molecular flexibility index (Phi) is 4.64. The minimum absolute atomic E-state index is 0.0293. The van der Waals surface area contributed by atoms with Gasteiger partial charge in [0.1, 0.15) is 23.2 Å². The number of carbonyl (C=O) groups excluding carboxylic acids is 1. The lowest BCUT2D eigenvalue weighted by atomic mass is 10.1. The molecular weight excluding hydrogens is 428 g/mol. The van der Waals surface area contributed by atoms with Gasteiger partial charge in [0.15, 0.2) is 5.65 Å². The second-order valence-corrected chi connectivity index (χ2v) is 8.57. The number of anilines is 1. The Bertz CT molecular complexity index is 1450. The predicted octanol–water partition coefficient (Wildman–Crippen LogP) is 3.05. The molecule has 9 nitrogen and oxygen atoms in total. The van der Waals surface area contributed by atoms with E-state index in [0.717, 1.165) is 0 Å². The van der Waals surface area contributed by atoms with Crippen LogP contribution in [0.5, 0.6) is 0 Å². The van der Waals surface area contributed by atoms with Crippen LogP contribution in [-0.4, -0.2) is 39.1 Å². The molecule has 4 aromatic rings. The van der Waals surface area contributed by atoms with Gasteiger partial charge in [0.2, 0.25) is 5.78 Å². The fraction of sp³-hybridized carbons (Fsp3) is 0.105. The number of benzene rings is 1. The van der Waals surface area contributed by atoms with E-state index in [1.165, 1.54) is 36.9 Å². The van der Waals surface area contributed by atoms with Crippen LogP contribution in [-0.2, 0) is 10.0 Å². The van der Waals surface area contributed by atoms with Gasteiger partial charge in [-0.2, -0.15) is 0 Å². The highest BCUT2D eigenvalue weighted by molar-refractivity contribution is 7.92. The number of carbonyl (C=O) groups is 1. The van der Waals surface area contributed by atoms with Crippen LogP contribution in [0.1, 0.15) is 28.7 Å². The van der Waals surface area contributed by atoms with Crippen LogP contribution < -0.4 is 4.72 Å². The van der Waals surface area contributed by atoms with Crippen molar-refractivity contribution in [2.75, 3.05) is 4.72 Å². The summed E-state index contributed by atoms with van der Waals surface area (Å²) in [6, 6.07) is 5.64. The monoisotopic (exact) mass is 443 g/mol. The highest BCUT2D eigenvalue weighted by Crippen LogP contribution is 2.25. The molecule has 4 rings (SSSR count). The van der Waals surface area contributed by atoms with Gasteiger partial charge in [-0.15, -0.1) is 0 Å². The lowest BCUT2D eigenvalue weighted by molar-refractivity contribution is 0.103. The number of aryl methyl sites for hydroxylation is 2. The summed E-state index contributed by atoms with van der Waals surface area (Å²) in [5, 5.41) is 0.429. The number of nitrogens with zero attached hydrogens (tertiary/aromatic N) is 4. The molecule has 30 heavy (non-hydrogen) atoms. The first-order chi connectivity index (χ1) is 14.7. The van der Waals surface area contributed by atoms with Gasteiger partial charge in [0.25, 0.3) is 10.0 Å². The summed E-state index contributed by atoms with van der Waals surface area (Å²) in [6.07, 6.45) is 2.37. The fourth-order valence-corrected chi connectivity index (χ4v) is 4.07. The number of fused-ring (bicyclic) bond motifs is 1. The SMILES string of the molecule is [2H]c1nc(C(=O)c2ncnc3nc[nH]c23)c(NS(=O)(=O)c2ccc(Cl)c(C)c2)cc1C. The summed E-state index contributed by atoms with van der Waals surface area (Å²) in [7, 11) is -4.07. The van der Waals surface area contributed by atoms with Crippen molar-refractivity contribution in [1.82, 2.24) is 24.9 Å². The summed E-state index contributed by atoms with van der Waals surface area (Å²) in [5.41, 5.74) is 1.15. The van der Waals surface area contributed by atoms with E-state index in [1.54, 1.807) is 13.8 Å². The van der Waals surface area contributed by atoms with Crippen molar-refractivity contribution in [3.8, 4) is 0 Å². The largest absolute Gasteiger partial charge is 0.341 e. The van der Waals surface area contributed by atoms with Crippen molar-refractivity contribution in [2.24, 2.45) is 0 Å². The minimum atomic E-state index is -4.07. The molecule has 0 aliphatic carbocycles. The molecule has 0 saturated carbocycles. The second-order valence-electron chi connectivity index (χ2n) is 6.48. The van der Waals surface area contributed by atoms with Gasteiger partial charge in [0, 0.05) is 11.2 Å². The van der Waals surface area contributed by atoms with E-state index >= 15 is 0 Å². The van der Waals surface area contributed by atoms with Gasteiger partial charge >= 0.3 is 0 Å². The first kappa shape index (κ1) is 18.6. The van der Waals surface area contributed by atoms with Gasteiger partial charge in [-0.1, -0.05) is 11.6 Å². The molecule has 0 amide bonds. The van der Waals surface area contributed by atoms with Crippen molar-refractivity contribution in [2.45, 2.75) is 18.7 Å². The fourth-order valence-electron chi connectivity index (χ4n) is 2.81. The first-order valence-corrected chi connectivity index (χ1v) is 10.5. The van der Waals surface area contributed by atoms with Gasteiger partial charge in [-0.25, -0.2) is 23.4 Å². The average Bonchev–Trinajstić information content (AvgIpc) is 3.20. The van der Waals surface area contributed by atoms with Gasteiger partial charge in [-0.3, -0.25) is 14.5 Å². The number of pyridine rings is 1. The van der Waals surface area contributed by atoms with Gasteiger partial charge in [-0.05, 0) is 49.2 Å². The highest BCUT2D eigenvalue weighted by atomic mass is 35.5. The predicted molar refractivity (Wildman–Crippen MR) is 111 cm³/mol. The van der Waals surface area contributed by atoms with E-state index in [1.807, 2.05) is 0 Å². The van der Waals surface area contributed by atoms with Crippen LogP contribution in [0, 0.1) is 13.8 Å². The lowest BCUT2D eigenvalue weighted by Crippen LogP contribution is -2.18. The molecule has 0 aliphatic rings. The molecule has 0 aliphatic heterocycles. The van der Waals surface area contributed by atoms with Crippen molar-refractivity contribution >= 4 is 44.3 Å². The highest BCUT2D eigenvalue weighted by Gasteiger charge is 2.24. The quantitative estimate of drug-likeness (QED) is 0.453. The molecule has 3 heterocycles. The van der Waals surface area contributed by atoms with Crippen molar-refractivity contribution < 1.29 is 14.6 Å². The van der Waals surface area contributed by atoms with Crippen LogP contribution in [0.4, 0.5) is 5.69 Å². The third-order valence-corrected chi connectivity index (χ3v) is 6.08. The number of H-pyrrole nitrogens is 1. The third-order valence-electron chi connectivity index (χ3n) is 4.30. The number of aromatic amines is 1. The molecule has 11 heteroatoms. The second kappa shape index (κ2) is 7.47. The molecule has 0 bridgehead atoms. The molecule has 0 fully saturated rings. The standard InChI is InChI=1S/C19H15ClN6O3S/c1-10-5-14(26-30(28,29)12-3-4-13(20)11(2)6-12)15(21-7-10)18(27)16-17-19(24-8-22-16)25-9-23-17/h3-9,26H,1-2H3,(H,22,23,24,25)/i7D. The number of ketones is 1. The number of hydrogen-bond donors (Lipinski definition) is 2. The summed E-state index contributed by atoms with van der Waals surface area (Å²) in [5.74, 6) is -0.685. The Hall–Kier alpha value is -3.37. The van der Waals surface area contributed by atoms with Crippen LogP contribution in [0.2, 0.25) is 5.02 Å². The van der Waals surface area contributed by atoms with Crippen molar-refractivity contribution in [1.29, 1.82) is 0 Å². The van der Waals surface area contributed by atoms with E-state index in [-0.39, 0.29) is 39.3 Å². The first-order valence-electron chi connectivity index (χ1n) is 9.13. The summed E-state index contributed by atoms with van der Waals surface area (Å²) in [4.78, 5) is 32.0. The summed E-state index contributed by atoms with van der Waals surface area (Å²) in [6.45, 7) is 3.27. The van der Waals surface area contributed by atoms with Crippen LogP contribution in [0.25, 0.3) is 11.2 Å². The molecule has 2 N–H and O–H groups in total. The number of hydrogen-bond acceptors (Lipinski definition) is 7. The van der Waals surface area contributed by atoms with Crippen LogP contribution in [0.3, 0.4) is 0 Å². The zero-order valence-electron chi connectivity index (χ0n) is 16.8. The molecule has 0 radical (unpaired) electrons. The maximum absolute atomic E-state index is 13.2. The smallest absolute Gasteiger partial charge is 0.261 e. The maximum atomic E-state index is 13.2. The van der Waals surface area contributed by atoms with Crippen LogP contribution >= 0.6 is 11.6 Å². The Balaban J connectivity index is 1.82. The summed E-state index contributed by atoms with van der Waals surface area (Å²) < 4.78 is 36.3. The van der Waals surface area contributed by atoms with Crippen molar-refractivity contribution in [3.63, 3.8) is 0 Å². The normalized spacial score (nSPS) is 12.0. The summed E-state index contributed by atoms with van der Waals surface area (Å²) >= 11 is 5.99. The molecular formula is C19H15ClN6O3S. The zero-order chi connectivity index (χ0) is 22.3. The third kappa shape index (κ3) is 3.62. The Labute approximate surface area is 178 Å². The number of imidazole rings is 1. The Morgan fingerprint density at radius 2 is 1.93 bits per heavy atom. The number of aromatic nitrogens is 5. The topological polar surface area (TPSA) is 131 Å². The van der Waals surface area contributed by atoms with Crippen molar-refractivity contribution in [3.05, 3.63) is 70.6 Å². The average molecular weight is 444 g/mol. The number of sulfonamides is 1. The Morgan fingerprint density at radius 1 is 1.13 bits per heavy atom. The van der Waals surface area contributed by atoms with E-state index in [0.29, 0.717) is 16.1 Å². The number of nitrogens with one attached hydrogen (secondary N) is 2. The van der Waals surface area contributed by atoms with Gasteiger partial charge < -0.3 is 4.98 Å². The number of halogens is 1. The lowest BCUT2D eigenvalue weighted by Gasteiger charge is -2.13. The molecule has 152 valence electrons. The van der Waals surface area contributed by atoms with Gasteiger partial charge in [0.05, 0.1) is 18.3 Å². The molecule has 0 atom stereocenters. The Morgan fingerprint density at radius 3 is 2.70 bits per heavy atom. The van der Waals surface area contributed by atoms with Crippen LogP contribution in [0.15, 0.2) is 48.0 Å². The molecule has 1 aromatic carbocycles. The molecule has 0 spiro atoms. The van der Waals surface area contributed by atoms with E-state index in [9.17, 15) is 13.2 Å². The molecule has 0 saturated heterocycles. The van der Waals surface area contributed by atoms with E-state index < -0.39 is 15.8 Å². The number of rotatable bonds is 5. The molecule has 0 unspecified atom stereocenters. The minimum Gasteiger partial charge on any atom is -0.341 e. The van der Waals surface area contributed by atoms with E-state index in [2.05, 4.69) is 29.6 Å². The zero-order valence-corrected chi connectivity index (χ0v) is 17.3. The molecule has 3 aromatic heterocycles. The van der Waals surface area contributed by atoms with E-state index in [4.69, 9.17) is 13.0 Å². The maximum Gasteiger partial charge on any atom is 0.261 e.